The summed E-state index contributed by atoms with van der Waals surface area (Å²) in [5, 5.41) is 2.43. The molecule has 0 spiro atoms. The topological polar surface area (TPSA) is 72.5 Å². The largest absolute Gasteiger partial charge is 0.419 e. The van der Waals surface area contributed by atoms with Crippen LogP contribution in [-0.2, 0) is 33.3 Å². The van der Waals surface area contributed by atoms with Gasteiger partial charge in [0.25, 0.3) is 0 Å². The van der Waals surface area contributed by atoms with E-state index in [1.54, 1.807) is 0 Å². The van der Waals surface area contributed by atoms with Gasteiger partial charge in [-0.2, -0.15) is 13.2 Å². The van der Waals surface area contributed by atoms with Crippen LogP contribution in [-0.4, -0.2) is 35.5 Å². The van der Waals surface area contributed by atoms with Gasteiger partial charge in [0.2, 0.25) is 5.91 Å². The number of anilines is 1. The van der Waals surface area contributed by atoms with Crippen LogP contribution in [0.5, 0.6) is 0 Å². The van der Waals surface area contributed by atoms with Gasteiger partial charge >= 0.3 is 6.18 Å². The van der Waals surface area contributed by atoms with Crippen LogP contribution in [0, 0.1) is 23.4 Å². The lowest BCUT2D eigenvalue weighted by atomic mass is 9.97. The van der Waals surface area contributed by atoms with Crippen LogP contribution in [0.25, 0.3) is 0 Å². The summed E-state index contributed by atoms with van der Waals surface area (Å²) in [6, 6.07) is 8.02. The molecule has 0 unspecified atom stereocenters. The van der Waals surface area contributed by atoms with E-state index in [0.29, 0.717) is 12.1 Å². The van der Waals surface area contributed by atoms with Crippen molar-refractivity contribution < 1.29 is 45.5 Å². The van der Waals surface area contributed by atoms with Crippen molar-refractivity contribution in [1.82, 2.24) is 0 Å². The summed E-state index contributed by atoms with van der Waals surface area (Å²) in [7, 11) is 1.38. The van der Waals surface area contributed by atoms with Crippen LogP contribution in [0.1, 0.15) is 45.0 Å². The number of hydrogen-bond acceptors (Lipinski definition) is 4. The standard InChI is InChI=1S/C30H22Cl3F6NO4/c1-44-9-8-17(41)13-19-22(34)6-3-15(27(19)36)11-24(42)18-12-16(4-5-21(18)31)40-28(43)26-25(29(26,32)33)14-2-7-23(35)20(10-14)30(37,38)39/h2-7,10,12,25-26H,8-9,11,13H2,1H3,(H,40,43)/t25-,26+/m0/s1. The quantitative estimate of drug-likeness (QED) is 0.127. The molecule has 1 aliphatic rings. The Morgan fingerprint density at radius 1 is 0.955 bits per heavy atom. The summed E-state index contributed by atoms with van der Waals surface area (Å²) in [5.41, 5.74) is -2.41. The molecule has 0 bridgehead atoms. The monoisotopic (exact) mass is 679 g/mol. The zero-order valence-electron chi connectivity index (χ0n) is 22.6. The number of carbonyl (C=O) groups excluding carboxylic acids is 3. The SMILES string of the molecule is COCCC(=O)Cc1c(F)ccc(CC(=O)c2cc(NC(=O)[C@H]3[C@H](c4ccc(F)c(C(F)(F)F)c4)C3(Cl)Cl)ccc2Cl)c1F. The molecule has 1 amide bonds. The van der Waals surface area contributed by atoms with E-state index in [-0.39, 0.29) is 40.4 Å². The van der Waals surface area contributed by atoms with E-state index in [4.69, 9.17) is 39.5 Å². The molecule has 0 heterocycles. The molecule has 3 aromatic rings. The summed E-state index contributed by atoms with van der Waals surface area (Å²) in [6.07, 6.45) is -6.14. The molecule has 2 atom stereocenters. The number of ether oxygens (including phenoxy) is 1. The van der Waals surface area contributed by atoms with Crippen LogP contribution in [0.3, 0.4) is 0 Å². The fourth-order valence-corrected chi connectivity index (χ4v) is 5.82. The molecular weight excluding hydrogens is 659 g/mol. The Hall–Kier alpha value is -3.12. The molecular formula is C30H22Cl3F6NO4. The third-order valence-corrected chi connectivity index (χ3v) is 8.37. The van der Waals surface area contributed by atoms with Gasteiger partial charge in [0.05, 0.1) is 23.1 Å². The van der Waals surface area contributed by atoms with Crippen molar-refractivity contribution in [2.24, 2.45) is 5.92 Å². The first-order valence-electron chi connectivity index (χ1n) is 12.9. The molecule has 234 valence electrons. The van der Waals surface area contributed by atoms with E-state index >= 15 is 4.39 Å². The normalized spacial score (nSPS) is 17.3. The molecule has 1 saturated carbocycles. The van der Waals surface area contributed by atoms with Crippen molar-refractivity contribution in [3.63, 3.8) is 0 Å². The molecule has 44 heavy (non-hydrogen) atoms. The Labute approximate surface area is 262 Å². The number of ketones is 2. The molecule has 14 heteroatoms. The van der Waals surface area contributed by atoms with E-state index in [1.807, 2.05) is 0 Å². The minimum Gasteiger partial charge on any atom is -0.384 e. The molecule has 1 aliphatic carbocycles. The minimum atomic E-state index is -4.99. The number of hydrogen-bond donors (Lipinski definition) is 1. The van der Waals surface area contributed by atoms with Crippen LogP contribution >= 0.6 is 34.8 Å². The Balaban J connectivity index is 1.51. The minimum absolute atomic E-state index is 0.0385. The molecule has 3 aromatic carbocycles. The summed E-state index contributed by atoms with van der Waals surface area (Å²) >= 11 is 18.7. The molecule has 5 nitrogen and oxygen atoms in total. The summed E-state index contributed by atoms with van der Waals surface area (Å²) in [4.78, 5) is 38.2. The maximum Gasteiger partial charge on any atom is 0.419 e. The van der Waals surface area contributed by atoms with E-state index in [9.17, 15) is 36.3 Å². The highest BCUT2D eigenvalue weighted by Gasteiger charge is 2.67. The fourth-order valence-electron chi connectivity index (χ4n) is 4.77. The molecule has 0 radical (unpaired) electrons. The average Bonchev–Trinajstić information content (AvgIpc) is 3.53. The Kier molecular flexibility index (Phi) is 10.0. The summed E-state index contributed by atoms with van der Waals surface area (Å²) in [5.74, 6) is -7.80. The zero-order valence-corrected chi connectivity index (χ0v) is 24.9. The number of nitrogens with one attached hydrogen (secondary N) is 1. The number of amides is 1. The van der Waals surface area contributed by atoms with E-state index < -0.39 is 81.2 Å². The lowest BCUT2D eigenvalue weighted by Crippen LogP contribution is -2.18. The van der Waals surface area contributed by atoms with Crippen LogP contribution in [0.2, 0.25) is 5.02 Å². The predicted octanol–water partition coefficient (Wildman–Crippen LogP) is 7.88. The Morgan fingerprint density at radius 3 is 2.30 bits per heavy atom. The molecule has 1 N–H and O–H groups in total. The van der Waals surface area contributed by atoms with Gasteiger partial charge in [0.15, 0.2) is 5.78 Å². The van der Waals surface area contributed by atoms with Gasteiger partial charge in [-0.15, -0.1) is 23.2 Å². The van der Waals surface area contributed by atoms with Gasteiger partial charge < -0.3 is 10.1 Å². The van der Waals surface area contributed by atoms with E-state index in [2.05, 4.69) is 5.32 Å². The molecule has 0 aliphatic heterocycles. The maximum atomic E-state index is 15.1. The molecule has 4 rings (SSSR count). The van der Waals surface area contributed by atoms with E-state index in [0.717, 1.165) is 18.2 Å². The smallest absolute Gasteiger partial charge is 0.384 e. The lowest BCUT2D eigenvalue weighted by Gasteiger charge is -2.12. The number of methoxy groups -OCH3 is 1. The number of benzene rings is 3. The van der Waals surface area contributed by atoms with Crippen molar-refractivity contribution in [3.8, 4) is 0 Å². The third kappa shape index (κ3) is 7.22. The average molecular weight is 681 g/mol. The number of rotatable bonds is 11. The number of carbonyl (C=O) groups is 3. The van der Waals surface area contributed by atoms with E-state index in [1.165, 1.54) is 25.3 Å². The summed E-state index contributed by atoms with van der Waals surface area (Å²) < 4.78 is 85.8. The van der Waals surface area contributed by atoms with Crippen molar-refractivity contribution >= 4 is 58.0 Å². The molecule has 0 saturated heterocycles. The summed E-state index contributed by atoms with van der Waals surface area (Å²) in [6.45, 7) is 0.0784. The zero-order chi connectivity index (χ0) is 32.6. The van der Waals surface area contributed by atoms with Gasteiger partial charge in [0, 0.05) is 49.1 Å². The Morgan fingerprint density at radius 2 is 1.64 bits per heavy atom. The van der Waals surface area contributed by atoms with Gasteiger partial charge in [0.1, 0.15) is 27.6 Å². The lowest BCUT2D eigenvalue weighted by molar-refractivity contribution is -0.140. The van der Waals surface area contributed by atoms with Gasteiger partial charge in [-0.05, 0) is 47.5 Å². The molecule has 1 fully saturated rings. The van der Waals surface area contributed by atoms with Crippen LogP contribution < -0.4 is 5.32 Å². The first kappa shape index (κ1) is 33.8. The van der Waals surface area contributed by atoms with Crippen molar-refractivity contribution in [2.75, 3.05) is 19.0 Å². The van der Waals surface area contributed by atoms with Crippen molar-refractivity contribution in [2.45, 2.75) is 35.7 Å². The Bertz CT molecular complexity index is 1630. The highest BCUT2D eigenvalue weighted by molar-refractivity contribution is 6.53. The fraction of sp³-hybridized carbons (Fsp3) is 0.300. The predicted molar refractivity (Wildman–Crippen MR) is 152 cm³/mol. The van der Waals surface area contributed by atoms with Crippen LogP contribution in [0.4, 0.5) is 32.0 Å². The second-order valence-electron chi connectivity index (χ2n) is 10.1. The van der Waals surface area contributed by atoms with Gasteiger partial charge in [-0.1, -0.05) is 23.7 Å². The van der Waals surface area contributed by atoms with Crippen molar-refractivity contribution in [1.29, 1.82) is 0 Å². The third-order valence-electron chi connectivity index (χ3n) is 7.10. The second-order valence-corrected chi connectivity index (χ2v) is 12.0. The maximum absolute atomic E-state index is 15.1. The second kappa shape index (κ2) is 13.1. The van der Waals surface area contributed by atoms with Gasteiger partial charge in [-0.25, -0.2) is 13.2 Å². The first-order valence-corrected chi connectivity index (χ1v) is 14.0. The number of halogens is 9. The first-order chi connectivity index (χ1) is 20.6. The van der Waals surface area contributed by atoms with Crippen LogP contribution in [0.15, 0.2) is 48.5 Å². The highest BCUT2D eigenvalue weighted by Crippen LogP contribution is 2.65. The van der Waals surface area contributed by atoms with Gasteiger partial charge in [-0.3, -0.25) is 14.4 Å². The number of alkyl halides is 5. The number of Topliss-reactive ketones (excluding diaryl/α,β-unsaturated/α-hetero) is 2. The highest BCUT2D eigenvalue weighted by atomic mass is 35.5. The molecule has 0 aromatic heterocycles. The van der Waals surface area contributed by atoms with Crippen molar-refractivity contribution in [3.05, 3.63) is 98.8 Å².